The van der Waals surface area contributed by atoms with Gasteiger partial charge in [-0.1, -0.05) is 0 Å². The molecule has 0 atom stereocenters. The van der Waals surface area contributed by atoms with E-state index in [0.717, 1.165) is 16.6 Å². The molecule has 0 spiro atoms. The fourth-order valence-electron chi connectivity index (χ4n) is 1.81. The van der Waals surface area contributed by atoms with Crippen molar-refractivity contribution < 1.29 is 0 Å². The summed E-state index contributed by atoms with van der Waals surface area (Å²) in [6.07, 6.45) is 3.26. The third-order valence-electron chi connectivity index (χ3n) is 2.31. The number of aliphatic imine (C=N–C) groups is 1. The largest absolute Gasteiger partial charge is 0.266 e. The fraction of sp³-hybridized carbons (Fsp3) is 0.300. The lowest BCUT2D eigenvalue weighted by Crippen LogP contribution is -1.91. The first-order chi connectivity index (χ1) is 7.15. The molecule has 0 aliphatic carbocycles. The molecule has 0 aromatic carbocycles. The van der Waals surface area contributed by atoms with Gasteiger partial charge in [0, 0.05) is 22.2 Å². The molecule has 0 N–H and O–H groups in total. The van der Waals surface area contributed by atoms with Crippen molar-refractivity contribution in [2.75, 3.05) is 0 Å². The van der Waals surface area contributed by atoms with Gasteiger partial charge in [-0.3, -0.25) is 4.68 Å². The Morgan fingerprint density at radius 1 is 1.47 bits per heavy atom. The van der Waals surface area contributed by atoms with Crippen LogP contribution in [0.4, 0.5) is 0 Å². The van der Waals surface area contributed by atoms with E-state index in [0.29, 0.717) is 0 Å². The molecule has 0 saturated heterocycles. The zero-order valence-corrected chi connectivity index (χ0v) is 9.59. The Bertz CT molecular complexity index is 583. The number of nitriles is 1. The van der Waals surface area contributed by atoms with Crippen molar-refractivity contribution >= 4 is 28.5 Å². The van der Waals surface area contributed by atoms with E-state index in [1.807, 2.05) is 11.7 Å². The molecule has 2 rings (SSSR count). The lowest BCUT2D eigenvalue weighted by atomic mass is 10.2. The summed E-state index contributed by atoms with van der Waals surface area (Å²) in [5.74, 6) is 0. The quantitative estimate of drug-likeness (QED) is 0.544. The van der Waals surface area contributed by atoms with E-state index < -0.39 is 0 Å². The van der Waals surface area contributed by atoms with Crippen LogP contribution in [0.25, 0.3) is 10.9 Å². The van der Waals surface area contributed by atoms with Crippen molar-refractivity contribution in [3.05, 3.63) is 15.4 Å². The summed E-state index contributed by atoms with van der Waals surface area (Å²) >= 11 is 1.75. The summed E-state index contributed by atoms with van der Waals surface area (Å²) in [4.78, 5) is 6.03. The van der Waals surface area contributed by atoms with Gasteiger partial charge in [0.15, 0.2) is 0 Å². The zero-order chi connectivity index (χ0) is 11.0. The van der Waals surface area contributed by atoms with E-state index >= 15 is 0 Å². The molecule has 0 radical (unpaired) electrons. The van der Waals surface area contributed by atoms with Crippen LogP contribution in [0.5, 0.6) is 0 Å². The van der Waals surface area contributed by atoms with Crippen LogP contribution in [0.1, 0.15) is 15.4 Å². The zero-order valence-electron chi connectivity index (χ0n) is 8.77. The summed E-state index contributed by atoms with van der Waals surface area (Å²) in [6, 6.07) is 0. The van der Waals surface area contributed by atoms with Gasteiger partial charge in [0.2, 0.25) is 6.19 Å². The van der Waals surface area contributed by atoms with Gasteiger partial charge in [-0.2, -0.15) is 15.4 Å². The molecule has 2 aromatic rings. The number of fused-ring (bicyclic) bond motifs is 1. The minimum atomic E-state index is 0.774. The minimum absolute atomic E-state index is 0.774. The van der Waals surface area contributed by atoms with E-state index in [1.54, 1.807) is 17.5 Å². The molecule has 0 aliphatic heterocycles. The highest BCUT2D eigenvalue weighted by Crippen LogP contribution is 2.31. The number of aryl methyl sites for hydroxylation is 3. The van der Waals surface area contributed by atoms with E-state index in [1.165, 1.54) is 16.0 Å². The van der Waals surface area contributed by atoms with Crippen molar-refractivity contribution in [2.45, 2.75) is 13.8 Å². The molecular weight excluding hydrogens is 208 g/mol. The SMILES string of the molecule is Cc1sc(C)c2c1c(/C=N/C#N)nn2C. The number of thiophene rings is 1. The van der Waals surface area contributed by atoms with E-state index in [9.17, 15) is 0 Å². The normalized spacial score (nSPS) is 11.3. The highest BCUT2D eigenvalue weighted by Gasteiger charge is 2.14. The third-order valence-corrected chi connectivity index (χ3v) is 3.32. The van der Waals surface area contributed by atoms with Gasteiger partial charge in [-0.25, -0.2) is 0 Å². The number of aromatic nitrogens is 2. The molecule has 76 valence electrons. The third kappa shape index (κ3) is 1.43. The highest BCUT2D eigenvalue weighted by atomic mass is 32.1. The maximum Gasteiger partial charge on any atom is 0.205 e. The van der Waals surface area contributed by atoms with Gasteiger partial charge in [0.05, 0.1) is 11.7 Å². The van der Waals surface area contributed by atoms with Crippen molar-refractivity contribution in [1.82, 2.24) is 9.78 Å². The molecular formula is C10H10N4S. The van der Waals surface area contributed by atoms with E-state index in [-0.39, 0.29) is 0 Å². The van der Waals surface area contributed by atoms with E-state index in [4.69, 9.17) is 5.26 Å². The first kappa shape index (κ1) is 9.87. The molecule has 0 bridgehead atoms. The summed E-state index contributed by atoms with van der Waals surface area (Å²) in [5.41, 5.74) is 1.91. The van der Waals surface area contributed by atoms with Gasteiger partial charge < -0.3 is 0 Å². The van der Waals surface area contributed by atoms with Gasteiger partial charge in [0.1, 0.15) is 5.69 Å². The first-order valence-electron chi connectivity index (χ1n) is 4.50. The average Bonchev–Trinajstić information content (AvgIpc) is 2.65. The maximum absolute atomic E-state index is 8.40. The molecule has 4 nitrogen and oxygen atoms in total. The molecule has 0 amide bonds. The number of hydrogen-bond acceptors (Lipinski definition) is 4. The number of nitrogens with zero attached hydrogens (tertiary/aromatic N) is 4. The van der Waals surface area contributed by atoms with Crippen LogP contribution in [0.2, 0.25) is 0 Å². The van der Waals surface area contributed by atoms with Crippen LogP contribution < -0.4 is 0 Å². The van der Waals surface area contributed by atoms with Gasteiger partial charge >= 0.3 is 0 Å². The summed E-state index contributed by atoms with van der Waals surface area (Å²) in [6.45, 7) is 4.14. The topological polar surface area (TPSA) is 54.0 Å². The van der Waals surface area contributed by atoms with Crippen LogP contribution in [0, 0.1) is 25.3 Å². The molecule has 5 heteroatoms. The highest BCUT2D eigenvalue weighted by molar-refractivity contribution is 7.13. The van der Waals surface area contributed by atoms with Gasteiger partial charge in [-0.15, -0.1) is 11.3 Å². The Morgan fingerprint density at radius 2 is 2.20 bits per heavy atom. The van der Waals surface area contributed by atoms with E-state index in [2.05, 4.69) is 23.9 Å². The number of rotatable bonds is 1. The van der Waals surface area contributed by atoms with Gasteiger partial charge in [-0.05, 0) is 13.8 Å². The Kier molecular flexibility index (Phi) is 2.29. The fourth-order valence-corrected chi connectivity index (χ4v) is 2.90. The molecule has 0 saturated carbocycles. The summed E-state index contributed by atoms with van der Waals surface area (Å²) in [5, 5.41) is 13.8. The molecule has 2 heterocycles. The van der Waals surface area contributed by atoms with Crippen molar-refractivity contribution in [3.8, 4) is 6.19 Å². The lowest BCUT2D eigenvalue weighted by molar-refractivity contribution is 0.793. The predicted octanol–water partition coefficient (Wildman–Crippen LogP) is 2.15. The smallest absolute Gasteiger partial charge is 0.205 e. The Morgan fingerprint density at radius 3 is 2.87 bits per heavy atom. The number of hydrogen-bond donors (Lipinski definition) is 0. The monoisotopic (exact) mass is 218 g/mol. The molecule has 0 aliphatic rings. The molecule has 15 heavy (non-hydrogen) atoms. The lowest BCUT2D eigenvalue weighted by Gasteiger charge is -1.89. The summed E-state index contributed by atoms with van der Waals surface area (Å²) in [7, 11) is 1.91. The van der Waals surface area contributed by atoms with Crippen molar-refractivity contribution in [3.63, 3.8) is 0 Å². The average molecular weight is 218 g/mol. The molecule has 0 fully saturated rings. The van der Waals surface area contributed by atoms with Crippen LogP contribution in [-0.4, -0.2) is 16.0 Å². The van der Waals surface area contributed by atoms with Crippen molar-refractivity contribution in [1.29, 1.82) is 5.26 Å². The molecule has 2 aromatic heterocycles. The second-order valence-electron chi connectivity index (χ2n) is 3.31. The van der Waals surface area contributed by atoms with Crippen LogP contribution in [-0.2, 0) is 7.05 Å². The predicted molar refractivity (Wildman–Crippen MR) is 61.3 cm³/mol. The Labute approximate surface area is 91.5 Å². The Hall–Kier alpha value is -1.67. The van der Waals surface area contributed by atoms with Crippen LogP contribution in [0.3, 0.4) is 0 Å². The second kappa shape index (κ2) is 3.48. The van der Waals surface area contributed by atoms with Crippen LogP contribution in [0.15, 0.2) is 4.99 Å². The van der Waals surface area contributed by atoms with Crippen molar-refractivity contribution in [2.24, 2.45) is 12.0 Å². The van der Waals surface area contributed by atoms with Crippen LogP contribution >= 0.6 is 11.3 Å². The first-order valence-corrected chi connectivity index (χ1v) is 5.31. The maximum atomic E-state index is 8.40. The standard InChI is InChI=1S/C10H10N4S/c1-6-9-8(4-12-5-11)13-14(3)10(9)7(2)15-6/h4H,1-3H3/b12-4+. The molecule has 0 unspecified atom stereocenters. The van der Waals surface area contributed by atoms with Gasteiger partial charge in [0.25, 0.3) is 0 Å². The summed E-state index contributed by atoms with van der Waals surface area (Å²) < 4.78 is 1.84. The Balaban J connectivity index is 2.77. The minimum Gasteiger partial charge on any atom is -0.266 e. The second-order valence-corrected chi connectivity index (χ2v) is 4.73.